The molecular weight excluding hydrogens is 479 g/mol. The highest BCUT2D eigenvalue weighted by molar-refractivity contribution is 14.1. The van der Waals surface area contributed by atoms with Gasteiger partial charge in [0.25, 0.3) is 11.8 Å². The van der Waals surface area contributed by atoms with Crippen LogP contribution in [0.5, 0.6) is 0 Å². The first-order valence-corrected chi connectivity index (χ1v) is 10.8. The molecule has 7 heteroatoms. The maximum atomic E-state index is 12.4. The van der Waals surface area contributed by atoms with Crippen molar-refractivity contribution < 1.29 is 9.59 Å². The lowest BCUT2D eigenvalue weighted by Gasteiger charge is -2.35. The summed E-state index contributed by atoms with van der Waals surface area (Å²) in [5.74, 6) is -0.742. The number of carbonyl (C=O) groups excluding carboxylic acids is 2. The number of carbonyl (C=O) groups is 2. The summed E-state index contributed by atoms with van der Waals surface area (Å²) in [6, 6.07) is 13.7. The number of imide groups is 1. The van der Waals surface area contributed by atoms with Gasteiger partial charge in [-0.3, -0.25) is 14.9 Å². The minimum absolute atomic E-state index is 0.355. The van der Waals surface area contributed by atoms with E-state index in [0.29, 0.717) is 16.7 Å². The molecule has 150 valence electrons. The van der Waals surface area contributed by atoms with Crippen molar-refractivity contribution in [3.63, 3.8) is 0 Å². The van der Waals surface area contributed by atoms with Gasteiger partial charge in [-0.25, -0.2) is 0 Å². The summed E-state index contributed by atoms with van der Waals surface area (Å²) in [6.45, 7) is 7.56. The summed E-state index contributed by atoms with van der Waals surface area (Å²) in [4.78, 5) is 29.3. The Hall–Kier alpha value is -2.39. The van der Waals surface area contributed by atoms with Crippen LogP contribution in [0.15, 0.2) is 48.7 Å². The van der Waals surface area contributed by atoms with Gasteiger partial charge in [0.15, 0.2) is 0 Å². The van der Waals surface area contributed by atoms with Gasteiger partial charge < -0.3 is 15.1 Å². The second-order valence-electron chi connectivity index (χ2n) is 7.14. The number of benzene rings is 2. The smallest absolute Gasteiger partial charge is 0.260 e. The number of halogens is 1. The molecule has 0 spiro atoms. The van der Waals surface area contributed by atoms with E-state index in [4.69, 9.17) is 0 Å². The fourth-order valence-corrected chi connectivity index (χ4v) is 4.18. The van der Waals surface area contributed by atoms with Crippen molar-refractivity contribution in [2.75, 3.05) is 42.9 Å². The van der Waals surface area contributed by atoms with Crippen LogP contribution in [0, 0.1) is 3.57 Å². The molecule has 2 amide bonds. The van der Waals surface area contributed by atoms with Gasteiger partial charge in [0.1, 0.15) is 0 Å². The molecule has 1 fully saturated rings. The Morgan fingerprint density at radius 3 is 2.41 bits per heavy atom. The Bertz CT molecular complexity index is 963. The number of likely N-dealkylation sites (N-methyl/N-ethyl adjacent to an activating group) is 1. The van der Waals surface area contributed by atoms with Crippen LogP contribution in [0.2, 0.25) is 0 Å². The quantitative estimate of drug-likeness (QED) is 0.382. The third-order valence-corrected chi connectivity index (χ3v) is 6.09. The fraction of sp³-hybridized carbons (Fsp3) is 0.273. The summed E-state index contributed by atoms with van der Waals surface area (Å²) in [7, 11) is 0. The van der Waals surface area contributed by atoms with Crippen molar-refractivity contribution in [1.82, 2.24) is 10.2 Å². The Morgan fingerprint density at radius 2 is 1.72 bits per heavy atom. The average Bonchev–Trinajstić information content (AvgIpc) is 2.74. The molecule has 1 saturated heterocycles. The maximum Gasteiger partial charge on any atom is 0.260 e. The highest BCUT2D eigenvalue weighted by atomic mass is 127. The van der Waals surface area contributed by atoms with Crippen LogP contribution in [0.3, 0.4) is 0 Å². The van der Waals surface area contributed by atoms with E-state index in [2.05, 4.69) is 62.1 Å². The molecule has 2 aliphatic rings. The number of hydrogen-bond donors (Lipinski definition) is 2. The van der Waals surface area contributed by atoms with Crippen LogP contribution in [-0.2, 0) is 4.79 Å². The van der Waals surface area contributed by atoms with Crippen molar-refractivity contribution >= 4 is 51.4 Å². The molecule has 0 saturated carbocycles. The van der Waals surface area contributed by atoms with Crippen LogP contribution < -0.4 is 15.5 Å². The van der Waals surface area contributed by atoms with E-state index >= 15 is 0 Å². The van der Waals surface area contributed by atoms with Gasteiger partial charge in [0.2, 0.25) is 0 Å². The van der Waals surface area contributed by atoms with Crippen LogP contribution in [-0.4, -0.2) is 49.4 Å². The summed E-state index contributed by atoms with van der Waals surface area (Å²) >= 11 is 2.18. The summed E-state index contributed by atoms with van der Waals surface area (Å²) in [5, 5.41) is 5.61. The highest BCUT2D eigenvalue weighted by Gasteiger charge is 2.27. The van der Waals surface area contributed by atoms with Gasteiger partial charge in [-0.05, 0) is 71.6 Å². The van der Waals surface area contributed by atoms with Crippen molar-refractivity contribution in [3.8, 4) is 0 Å². The number of anilines is 2. The molecule has 4 rings (SSSR count). The molecule has 0 bridgehead atoms. The van der Waals surface area contributed by atoms with Gasteiger partial charge in [-0.15, -0.1) is 0 Å². The van der Waals surface area contributed by atoms with Crippen LogP contribution >= 0.6 is 22.6 Å². The van der Waals surface area contributed by atoms with Gasteiger partial charge in [0.05, 0.1) is 5.57 Å². The van der Waals surface area contributed by atoms with E-state index in [0.717, 1.165) is 42.0 Å². The monoisotopic (exact) mass is 502 g/mol. The predicted octanol–water partition coefficient (Wildman–Crippen LogP) is 3.16. The number of piperazine rings is 1. The Labute approximate surface area is 184 Å². The molecule has 2 aromatic carbocycles. The maximum absolute atomic E-state index is 12.4. The molecular formula is C22H23IN4O2. The van der Waals surface area contributed by atoms with E-state index in [9.17, 15) is 9.59 Å². The molecule has 0 radical (unpaired) electrons. The van der Waals surface area contributed by atoms with E-state index in [1.54, 1.807) is 12.3 Å². The van der Waals surface area contributed by atoms with E-state index in [1.165, 1.54) is 5.69 Å². The lowest BCUT2D eigenvalue weighted by molar-refractivity contribution is -0.114. The number of rotatable bonds is 4. The third-order valence-electron chi connectivity index (χ3n) is 5.42. The minimum Gasteiger partial charge on any atom is -0.369 e. The van der Waals surface area contributed by atoms with Crippen LogP contribution in [0.4, 0.5) is 11.4 Å². The molecule has 29 heavy (non-hydrogen) atoms. The van der Waals surface area contributed by atoms with Gasteiger partial charge in [-0.2, -0.15) is 0 Å². The molecule has 0 aliphatic carbocycles. The molecule has 6 nitrogen and oxygen atoms in total. The van der Waals surface area contributed by atoms with E-state index in [1.807, 2.05) is 24.3 Å². The zero-order chi connectivity index (χ0) is 20.4. The van der Waals surface area contributed by atoms with Gasteiger partial charge >= 0.3 is 0 Å². The molecule has 0 atom stereocenters. The predicted molar refractivity (Wildman–Crippen MR) is 124 cm³/mol. The van der Waals surface area contributed by atoms with Crippen molar-refractivity contribution in [2.24, 2.45) is 0 Å². The average molecular weight is 502 g/mol. The number of nitrogens with one attached hydrogen (secondary N) is 2. The van der Waals surface area contributed by atoms with Crippen molar-refractivity contribution in [3.05, 3.63) is 63.4 Å². The number of fused-ring (bicyclic) bond motifs is 1. The molecule has 2 heterocycles. The first-order chi connectivity index (χ1) is 14.0. The first kappa shape index (κ1) is 19.9. The lowest BCUT2D eigenvalue weighted by Crippen LogP contribution is -2.46. The largest absolute Gasteiger partial charge is 0.369 e. The minimum atomic E-state index is -0.387. The van der Waals surface area contributed by atoms with Crippen LogP contribution in [0.1, 0.15) is 22.8 Å². The van der Waals surface area contributed by atoms with Gasteiger partial charge in [-0.1, -0.05) is 6.92 Å². The third kappa shape index (κ3) is 4.30. The summed E-state index contributed by atoms with van der Waals surface area (Å²) in [5.41, 5.74) is 3.73. The number of amides is 2. The SMILES string of the molecule is CCN1CCN(c2ccc(N/C=C3\C(=O)NC(=O)c4ccc(I)cc43)cc2)CC1. The fourth-order valence-electron chi connectivity index (χ4n) is 3.69. The topological polar surface area (TPSA) is 64.7 Å². The molecule has 0 aromatic heterocycles. The Balaban J connectivity index is 1.49. The molecule has 2 aliphatic heterocycles. The zero-order valence-electron chi connectivity index (χ0n) is 16.2. The van der Waals surface area contributed by atoms with Gasteiger partial charge in [0, 0.05) is 58.5 Å². The molecule has 2 aromatic rings. The molecule has 2 N–H and O–H groups in total. The lowest BCUT2D eigenvalue weighted by atomic mass is 9.95. The Morgan fingerprint density at radius 1 is 1.00 bits per heavy atom. The second-order valence-corrected chi connectivity index (χ2v) is 8.39. The first-order valence-electron chi connectivity index (χ1n) is 9.75. The number of nitrogens with zero attached hydrogens (tertiary/aromatic N) is 2. The highest BCUT2D eigenvalue weighted by Crippen LogP contribution is 2.26. The second kappa shape index (κ2) is 8.54. The summed E-state index contributed by atoms with van der Waals surface area (Å²) in [6.07, 6.45) is 1.67. The standard InChI is InChI=1S/C22H23IN4O2/c1-2-26-9-11-27(12-10-26)17-6-4-16(5-7-17)24-14-20-19-13-15(23)3-8-18(19)21(28)25-22(20)29/h3-8,13-14,24H,2,9-12H2,1H3,(H,25,28,29)/b20-14-. The molecule has 0 unspecified atom stereocenters. The van der Waals surface area contributed by atoms with Crippen molar-refractivity contribution in [1.29, 1.82) is 0 Å². The van der Waals surface area contributed by atoms with Crippen molar-refractivity contribution in [2.45, 2.75) is 6.92 Å². The van der Waals surface area contributed by atoms with E-state index < -0.39 is 0 Å². The normalized spacial score (nSPS) is 18.6. The summed E-state index contributed by atoms with van der Waals surface area (Å²) < 4.78 is 0.974. The zero-order valence-corrected chi connectivity index (χ0v) is 18.4. The Kier molecular flexibility index (Phi) is 5.86. The number of hydrogen-bond acceptors (Lipinski definition) is 5. The van der Waals surface area contributed by atoms with Crippen LogP contribution in [0.25, 0.3) is 5.57 Å². The van der Waals surface area contributed by atoms with E-state index in [-0.39, 0.29) is 11.8 Å².